The Bertz CT molecular complexity index is 554. The van der Waals surface area contributed by atoms with Gasteiger partial charge in [-0.2, -0.15) is 0 Å². The smallest absolute Gasteiger partial charge is 0.251 e. The van der Waals surface area contributed by atoms with Crippen molar-refractivity contribution in [2.24, 2.45) is 0 Å². The van der Waals surface area contributed by atoms with Gasteiger partial charge in [0, 0.05) is 21.1 Å². The van der Waals surface area contributed by atoms with Gasteiger partial charge in [-0.15, -0.1) is 0 Å². The number of aromatic nitrogens is 2. The van der Waals surface area contributed by atoms with Crippen LogP contribution in [0.5, 0.6) is 0 Å². The third-order valence-corrected chi connectivity index (χ3v) is 2.81. The van der Waals surface area contributed by atoms with Crippen LogP contribution in [0.25, 0.3) is 11.3 Å². The third-order valence-electron chi connectivity index (χ3n) is 1.88. The van der Waals surface area contributed by atoms with Crippen molar-refractivity contribution < 1.29 is 0 Å². The minimum Gasteiger partial charge on any atom is -0.313 e. The molecule has 0 aliphatic carbocycles. The summed E-state index contributed by atoms with van der Waals surface area (Å²) in [5.41, 5.74) is 1.20. The first-order valence-electron chi connectivity index (χ1n) is 4.17. The maximum atomic E-state index is 11.1. The van der Waals surface area contributed by atoms with Crippen LogP contribution in [0.2, 0.25) is 5.02 Å². The molecule has 0 amide bonds. The first-order valence-corrected chi connectivity index (χ1v) is 5.34. The average molecular weight is 302 g/mol. The molecule has 84 valence electrons. The molecular formula is C11H10BrClN2O. The van der Waals surface area contributed by atoms with Crippen LogP contribution < -0.4 is 5.56 Å². The summed E-state index contributed by atoms with van der Waals surface area (Å²) in [7, 11) is 0. The molecule has 3 nitrogen and oxygen atoms in total. The molecule has 2 rings (SSSR count). The van der Waals surface area contributed by atoms with Crippen LogP contribution in [0.1, 0.15) is 7.43 Å². The fourth-order valence-electron chi connectivity index (χ4n) is 1.21. The summed E-state index contributed by atoms with van der Waals surface area (Å²) in [6, 6.07) is 6.77. The second-order valence-electron chi connectivity index (χ2n) is 2.92. The molecule has 5 heteroatoms. The zero-order valence-electron chi connectivity index (χ0n) is 7.50. The molecule has 1 aromatic carbocycles. The number of H-pyrrole nitrogens is 1. The van der Waals surface area contributed by atoms with Crippen LogP contribution >= 0.6 is 27.5 Å². The van der Waals surface area contributed by atoms with Crippen molar-refractivity contribution in [2.45, 2.75) is 7.43 Å². The van der Waals surface area contributed by atoms with Crippen molar-refractivity contribution in [1.82, 2.24) is 9.97 Å². The molecule has 16 heavy (non-hydrogen) atoms. The predicted octanol–water partition coefficient (Wildman–Crippen LogP) is 3.49. The highest BCUT2D eigenvalue weighted by atomic mass is 79.9. The van der Waals surface area contributed by atoms with Gasteiger partial charge in [-0.25, -0.2) is 4.98 Å². The fourth-order valence-corrected chi connectivity index (χ4v) is 1.83. The molecule has 0 aliphatic heterocycles. The maximum absolute atomic E-state index is 11.1. The van der Waals surface area contributed by atoms with Gasteiger partial charge >= 0.3 is 0 Å². The van der Waals surface area contributed by atoms with Crippen LogP contribution in [0, 0.1) is 0 Å². The third kappa shape index (κ3) is 2.71. The Balaban J connectivity index is 0.00000128. The van der Waals surface area contributed by atoms with Gasteiger partial charge in [0.2, 0.25) is 0 Å². The topological polar surface area (TPSA) is 45.8 Å². The number of aromatic amines is 1. The van der Waals surface area contributed by atoms with E-state index in [0.717, 1.165) is 10.0 Å². The molecular weight excluding hydrogens is 291 g/mol. The number of hydrogen-bond acceptors (Lipinski definition) is 2. The highest BCUT2D eigenvalue weighted by Gasteiger charge is 2.05. The molecule has 0 spiro atoms. The molecule has 0 unspecified atom stereocenters. The Hall–Kier alpha value is -1.13. The summed E-state index contributed by atoms with van der Waals surface area (Å²) in [6.45, 7) is 0. The molecule has 0 saturated carbocycles. The molecule has 2 aromatic rings. The highest BCUT2D eigenvalue weighted by molar-refractivity contribution is 9.10. The number of nitrogens with zero attached hydrogens (tertiary/aromatic N) is 1. The number of nitrogens with one attached hydrogen (secondary N) is 1. The van der Waals surface area contributed by atoms with Crippen molar-refractivity contribution in [3.8, 4) is 11.3 Å². The second-order valence-corrected chi connectivity index (χ2v) is 4.21. The van der Waals surface area contributed by atoms with Crippen molar-refractivity contribution in [3.05, 3.63) is 50.4 Å². The Kier molecular flexibility index (Phi) is 4.26. The molecule has 0 saturated heterocycles. The van der Waals surface area contributed by atoms with Crippen molar-refractivity contribution in [3.63, 3.8) is 0 Å². The van der Waals surface area contributed by atoms with Crippen LogP contribution in [-0.4, -0.2) is 9.97 Å². The second kappa shape index (κ2) is 5.27. The van der Waals surface area contributed by atoms with Crippen LogP contribution in [0.15, 0.2) is 39.9 Å². The molecule has 0 radical (unpaired) electrons. The van der Waals surface area contributed by atoms with E-state index in [1.54, 1.807) is 12.1 Å². The van der Waals surface area contributed by atoms with E-state index in [0.29, 0.717) is 10.7 Å². The zero-order chi connectivity index (χ0) is 10.8. The van der Waals surface area contributed by atoms with Gasteiger partial charge in [-0.05, 0) is 18.2 Å². The van der Waals surface area contributed by atoms with Crippen LogP contribution in [0.3, 0.4) is 0 Å². The Morgan fingerprint density at radius 2 is 2.06 bits per heavy atom. The Morgan fingerprint density at radius 3 is 2.75 bits per heavy atom. The van der Waals surface area contributed by atoms with E-state index in [1.165, 1.54) is 12.4 Å². The van der Waals surface area contributed by atoms with E-state index in [4.69, 9.17) is 11.6 Å². The molecule has 1 heterocycles. The summed E-state index contributed by atoms with van der Waals surface area (Å²) >= 11 is 9.25. The van der Waals surface area contributed by atoms with E-state index in [1.807, 2.05) is 6.07 Å². The highest BCUT2D eigenvalue weighted by Crippen LogP contribution is 2.28. The van der Waals surface area contributed by atoms with E-state index in [9.17, 15) is 4.79 Å². The molecule has 1 N–H and O–H groups in total. The van der Waals surface area contributed by atoms with Crippen molar-refractivity contribution in [2.75, 3.05) is 0 Å². The van der Waals surface area contributed by atoms with Gasteiger partial charge < -0.3 is 4.98 Å². The summed E-state index contributed by atoms with van der Waals surface area (Å²) in [4.78, 5) is 17.6. The molecule has 0 aliphatic rings. The zero-order valence-corrected chi connectivity index (χ0v) is 9.84. The van der Waals surface area contributed by atoms with Gasteiger partial charge in [0.1, 0.15) is 0 Å². The fraction of sp³-hybridized carbons (Fsp3) is 0.0909. The molecule has 0 atom stereocenters. The standard InChI is InChI=1S/C10H6BrClN2O.CH4/c11-8-2-1-6(12)3-7(8)9-4-10(15)14-5-13-9;/h1-5H,(H,13,14,15);1H4. The van der Waals surface area contributed by atoms with Crippen molar-refractivity contribution in [1.29, 1.82) is 0 Å². The number of hydrogen-bond donors (Lipinski definition) is 1. The van der Waals surface area contributed by atoms with Crippen molar-refractivity contribution >= 4 is 27.5 Å². The van der Waals surface area contributed by atoms with E-state index in [2.05, 4.69) is 25.9 Å². The molecule has 0 bridgehead atoms. The SMILES string of the molecule is C.O=c1cc(-c2cc(Cl)ccc2Br)nc[nH]1. The largest absolute Gasteiger partial charge is 0.313 e. The van der Waals surface area contributed by atoms with Crippen LogP contribution in [-0.2, 0) is 0 Å². The summed E-state index contributed by atoms with van der Waals surface area (Å²) in [6.07, 6.45) is 1.37. The first kappa shape index (κ1) is 12.9. The van der Waals surface area contributed by atoms with E-state index >= 15 is 0 Å². The van der Waals surface area contributed by atoms with Gasteiger partial charge in [-0.3, -0.25) is 4.79 Å². The van der Waals surface area contributed by atoms with Gasteiger partial charge in [0.15, 0.2) is 0 Å². The number of halogens is 2. The summed E-state index contributed by atoms with van der Waals surface area (Å²) in [5.74, 6) is 0. The van der Waals surface area contributed by atoms with E-state index < -0.39 is 0 Å². The van der Waals surface area contributed by atoms with Gasteiger partial charge in [0.25, 0.3) is 5.56 Å². The predicted molar refractivity (Wildman–Crippen MR) is 69.7 cm³/mol. The first-order chi connectivity index (χ1) is 7.16. The summed E-state index contributed by atoms with van der Waals surface area (Å²) in [5, 5.41) is 0.607. The van der Waals surface area contributed by atoms with Gasteiger partial charge in [-0.1, -0.05) is 35.0 Å². The monoisotopic (exact) mass is 300 g/mol. The Labute approximate surface area is 107 Å². The van der Waals surface area contributed by atoms with Gasteiger partial charge in [0.05, 0.1) is 12.0 Å². The lowest BCUT2D eigenvalue weighted by Gasteiger charge is -2.03. The minimum atomic E-state index is -0.188. The molecule has 1 aromatic heterocycles. The number of rotatable bonds is 1. The lowest BCUT2D eigenvalue weighted by molar-refractivity contribution is 1.12. The lowest BCUT2D eigenvalue weighted by Crippen LogP contribution is -2.04. The summed E-state index contributed by atoms with van der Waals surface area (Å²) < 4.78 is 0.852. The minimum absolute atomic E-state index is 0. The Morgan fingerprint density at radius 1 is 1.31 bits per heavy atom. The quantitative estimate of drug-likeness (QED) is 0.876. The maximum Gasteiger partial charge on any atom is 0.251 e. The van der Waals surface area contributed by atoms with Crippen LogP contribution in [0.4, 0.5) is 0 Å². The number of benzene rings is 1. The lowest BCUT2D eigenvalue weighted by atomic mass is 10.1. The molecule has 0 fully saturated rings. The normalized spacial score (nSPS) is 9.62. The average Bonchev–Trinajstić information content (AvgIpc) is 2.22. The van der Waals surface area contributed by atoms with E-state index in [-0.39, 0.29) is 13.0 Å².